The van der Waals surface area contributed by atoms with Crippen LogP contribution in [-0.2, 0) is 4.79 Å². The standard InChI is InChI=1S/C18H29ClN4O.3ClH/c1-15(14-20-2)18(24)21-7-4-8-22-9-11-23(12-10-22)17-6-3-5-16(19)13-17;;;/h3,5-6,13,15,20H,4,7-12,14H2,1-2H3,(H,21,24);3*1H. The van der Waals surface area contributed by atoms with Crippen LogP contribution in [0, 0.1) is 5.92 Å². The molecular weight excluding hydrogens is 430 g/mol. The van der Waals surface area contributed by atoms with Crippen molar-refractivity contribution in [3.63, 3.8) is 0 Å². The molecule has 0 spiro atoms. The third-order valence-electron chi connectivity index (χ3n) is 4.45. The SMILES string of the molecule is CNCC(C)C(=O)NCCCN1CCN(c2cccc(Cl)c2)CC1.Cl.Cl.Cl. The van der Waals surface area contributed by atoms with Gasteiger partial charge in [-0.3, -0.25) is 9.69 Å². The molecule has 0 aliphatic carbocycles. The van der Waals surface area contributed by atoms with Gasteiger partial charge in [0, 0.05) is 55.9 Å². The van der Waals surface area contributed by atoms with E-state index in [0.29, 0.717) is 0 Å². The van der Waals surface area contributed by atoms with Gasteiger partial charge < -0.3 is 15.5 Å². The van der Waals surface area contributed by atoms with E-state index in [1.165, 1.54) is 5.69 Å². The minimum absolute atomic E-state index is 0. The summed E-state index contributed by atoms with van der Waals surface area (Å²) in [5.41, 5.74) is 1.20. The third kappa shape index (κ3) is 10.1. The van der Waals surface area contributed by atoms with Crippen LogP contribution in [0.5, 0.6) is 0 Å². The maximum absolute atomic E-state index is 11.8. The predicted molar refractivity (Wildman–Crippen MR) is 123 cm³/mol. The number of carbonyl (C=O) groups excluding carboxylic acids is 1. The Morgan fingerprint density at radius 2 is 1.85 bits per heavy atom. The van der Waals surface area contributed by atoms with Gasteiger partial charge in [0.1, 0.15) is 0 Å². The first-order chi connectivity index (χ1) is 11.6. The van der Waals surface area contributed by atoms with E-state index >= 15 is 0 Å². The number of carbonyl (C=O) groups is 1. The van der Waals surface area contributed by atoms with Crippen LogP contribution in [0.1, 0.15) is 13.3 Å². The number of halogens is 4. The zero-order valence-electron chi connectivity index (χ0n) is 15.9. The van der Waals surface area contributed by atoms with Crippen LogP contribution in [0.4, 0.5) is 5.69 Å². The molecule has 0 saturated carbocycles. The minimum Gasteiger partial charge on any atom is -0.369 e. The quantitative estimate of drug-likeness (QED) is 0.584. The average Bonchev–Trinajstić information content (AvgIpc) is 2.59. The number of anilines is 1. The van der Waals surface area contributed by atoms with E-state index in [2.05, 4.69) is 26.5 Å². The lowest BCUT2D eigenvalue weighted by atomic mass is 10.1. The van der Waals surface area contributed by atoms with Crippen molar-refractivity contribution in [1.29, 1.82) is 0 Å². The molecule has 1 fully saturated rings. The molecule has 1 aromatic rings. The molecule has 27 heavy (non-hydrogen) atoms. The van der Waals surface area contributed by atoms with Gasteiger partial charge >= 0.3 is 0 Å². The van der Waals surface area contributed by atoms with E-state index in [1.54, 1.807) is 0 Å². The normalized spacial score (nSPS) is 15.0. The molecule has 158 valence electrons. The van der Waals surface area contributed by atoms with Crippen LogP contribution >= 0.6 is 48.8 Å². The monoisotopic (exact) mass is 460 g/mol. The molecule has 2 rings (SSSR count). The number of nitrogens with one attached hydrogen (secondary N) is 2. The number of benzene rings is 1. The molecule has 1 heterocycles. The minimum atomic E-state index is 0. The fourth-order valence-electron chi connectivity index (χ4n) is 2.99. The van der Waals surface area contributed by atoms with Gasteiger partial charge in [0.2, 0.25) is 5.91 Å². The van der Waals surface area contributed by atoms with Crippen molar-refractivity contribution < 1.29 is 4.79 Å². The molecule has 1 aromatic carbocycles. The Kier molecular flexibility index (Phi) is 16.5. The van der Waals surface area contributed by atoms with Crippen LogP contribution in [0.3, 0.4) is 0 Å². The van der Waals surface area contributed by atoms with Gasteiger partial charge in [-0.25, -0.2) is 0 Å². The summed E-state index contributed by atoms with van der Waals surface area (Å²) >= 11 is 6.07. The van der Waals surface area contributed by atoms with Gasteiger partial charge in [-0.15, -0.1) is 37.2 Å². The topological polar surface area (TPSA) is 47.6 Å². The number of amides is 1. The second-order valence-corrected chi connectivity index (χ2v) is 6.85. The number of hydrogen-bond donors (Lipinski definition) is 2. The van der Waals surface area contributed by atoms with Gasteiger partial charge in [0.15, 0.2) is 0 Å². The summed E-state index contributed by atoms with van der Waals surface area (Å²) in [4.78, 5) is 16.7. The van der Waals surface area contributed by atoms with Gasteiger partial charge in [0.25, 0.3) is 0 Å². The Morgan fingerprint density at radius 1 is 1.19 bits per heavy atom. The van der Waals surface area contributed by atoms with Crippen molar-refractivity contribution in [2.45, 2.75) is 13.3 Å². The predicted octanol–water partition coefficient (Wildman–Crippen LogP) is 3.09. The van der Waals surface area contributed by atoms with Crippen molar-refractivity contribution in [3.05, 3.63) is 29.3 Å². The lowest BCUT2D eigenvalue weighted by Gasteiger charge is -2.36. The Hall–Kier alpha value is -0.430. The van der Waals surface area contributed by atoms with Gasteiger partial charge in [0.05, 0.1) is 0 Å². The Morgan fingerprint density at radius 3 is 2.44 bits per heavy atom. The largest absolute Gasteiger partial charge is 0.369 e. The van der Waals surface area contributed by atoms with E-state index in [-0.39, 0.29) is 49.0 Å². The summed E-state index contributed by atoms with van der Waals surface area (Å²) < 4.78 is 0. The Labute approximate surface area is 186 Å². The van der Waals surface area contributed by atoms with E-state index < -0.39 is 0 Å². The Balaban J connectivity index is 0. The summed E-state index contributed by atoms with van der Waals surface area (Å²) in [6.07, 6.45) is 0.995. The molecule has 1 unspecified atom stereocenters. The van der Waals surface area contributed by atoms with Gasteiger partial charge in [-0.2, -0.15) is 0 Å². The molecule has 0 radical (unpaired) electrons. The second-order valence-electron chi connectivity index (χ2n) is 6.41. The highest BCUT2D eigenvalue weighted by atomic mass is 35.5. The molecule has 5 nitrogen and oxygen atoms in total. The highest BCUT2D eigenvalue weighted by Crippen LogP contribution is 2.20. The first-order valence-electron chi connectivity index (χ1n) is 8.75. The van der Waals surface area contributed by atoms with Crippen molar-refractivity contribution >= 4 is 60.4 Å². The number of hydrogen-bond acceptors (Lipinski definition) is 4. The fourth-order valence-corrected chi connectivity index (χ4v) is 3.17. The average molecular weight is 462 g/mol. The van der Waals surface area contributed by atoms with Crippen molar-refractivity contribution in [2.75, 3.05) is 57.8 Å². The first-order valence-corrected chi connectivity index (χ1v) is 9.13. The summed E-state index contributed by atoms with van der Waals surface area (Å²) in [5, 5.41) is 6.84. The molecule has 1 aliphatic rings. The molecule has 9 heteroatoms. The molecule has 1 saturated heterocycles. The summed E-state index contributed by atoms with van der Waals surface area (Å²) in [7, 11) is 1.87. The maximum atomic E-state index is 11.8. The van der Waals surface area contributed by atoms with E-state index in [0.717, 1.165) is 57.3 Å². The van der Waals surface area contributed by atoms with Gasteiger partial charge in [-0.1, -0.05) is 24.6 Å². The molecular formula is C18H32Cl4N4O. The summed E-state index contributed by atoms with van der Waals surface area (Å²) in [5.74, 6) is 0.159. The second kappa shape index (κ2) is 15.5. The molecule has 0 aromatic heterocycles. The Bertz CT molecular complexity index is 528. The zero-order valence-corrected chi connectivity index (χ0v) is 19.2. The molecule has 2 N–H and O–H groups in total. The van der Waals surface area contributed by atoms with Crippen LogP contribution in [0.25, 0.3) is 0 Å². The highest BCUT2D eigenvalue weighted by Gasteiger charge is 2.17. The lowest BCUT2D eigenvalue weighted by Crippen LogP contribution is -2.47. The molecule has 1 atom stereocenters. The highest BCUT2D eigenvalue weighted by molar-refractivity contribution is 6.30. The van der Waals surface area contributed by atoms with Crippen LogP contribution in [0.2, 0.25) is 5.02 Å². The fraction of sp³-hybridized carbons (Fsp3) is 0.611. The van der Waals surface area contributed by atoms with Gasteiger partial charge in [-0.05, 0) is 38.2 Å². The number of nitrogens with zero attached hydrogens (tertiary/aromatic N) is 2. The number of piperazine rings is 1. The maximum Gasteiger partial charge on any atom is 0.224 e. The van der Waals surface area contributed by atoms with E-state index in [1.807, 2.05) is 32.2 Å². The smallest absolute Gasteiger partial charge is 0.224 e. The van der Waals surface area contributed by atoms with Crippen molar-refractivity contribution in [1.82, 2.24) is 15.5 Å². The van der Waals surface area contributed by atoms with E-state index in [9.17, 15) is 4.79 Å². The first kappa shape index (κ1) is 28.8. The zero-order chi connectivity index (χ0) is 17.4. The van der Waals surface area contributed by atoms with Crippen LogP contribution in [0.15, 0.2) is 24.3 Å². The van der Waals surface area contributed by atoms with Crippen molar-refractivity contribution in [3.8, 4) is 0 Å². The van der Waals surface area contributed by atoms with Crippen molar-refractivity contribution in [2.24, 2.45) is 5.92 Å². The lowest BCUT2D eigenvalue weighted by molar-refractivity contribution is -0.124. The van der Waals surface area contributed by atoms with Crippen LogP contribution < -0.4 is 15.5 Å². The van der Waals surface area contributed by atoms with E-state index in [4.69, 9.17) is 11.6 Å². The molecule has 1 amide bonds. The summed E-state index contributed by atoms with van der Waals surface area (Å²) in [6, 6.07) is 8.05. The molecule has 1 aliphatic heterocycles. The summed E-state index contributed by atoms with van der Waals surface area (Å²) in [6.45, 7) is 8.59. The van der Waals surface area contributed by atoms with Crippen LogP contribution in [-0.4, -0.2) is 63.7 Å². The molecule has 0 bridgehead atoms. The number of rotatable bonds is 8. The third-order valence-corrected chi connectivity index (χ3v) is 4.69.